The van der Waals surface area contributed by atoms with Crippen LogP contribution in [0.15, 0.2) is 70.3 Å². The van der Waals surface area contributed by atoms with E-state index in [9.17, 15) is 9.90 Å². The van der Waals surface area contributed by atoms with Gasteiger partial charge >= 0.3 is 0 Å². The van der Waals surface area contributed by atoms with Gasteiger partial charge in [-0.3, -0.25) is 4.79 Å². The number of aliphatic hydroxyl groups is 1. The molecule has 0 amide bonds. The molecule has 2 aromatic carbocycles. The third-order valence-electron chi connectivity index (χ3n) is 5.56. The van der Waals surface area contributed by atoms with Gasteiger partial charge < -0.3 is 20.2 Å². The van der Waals surface area contributed by atoms with Gasteiger partial charge in [-0.1, -0.05) is 30.3 Å². The summed E-state index contributed by atoms with van der Waals surface area (Å²) in [5.74, 6) is 0.948. The van der Waals surface area contributed by atoms with Gasteiger partial charge in [0.1, 0.15) is 5.82 Å². The molecule has 11 heteroatoms. The number of rotatable bonds is 7. The third kappa shape index (κ3) is 4.44. The van der Waals surface area contributed by atoms with Gasteiger partial charge in [-0.2, -0.15) is 10.1 Å². The lowest BCUT2D eigenvalue weighted by atomic mass is 10.1. The first-order valence-electron chi connectivity index (χ1n) is 10.8. The van der Waals surface area contributed by atoms with Gasteiger partial charge in [-0.05, 0) is 30.7 Å². The van der Waals surface area contributed by atoms with Crippen molar-refractivity contribution < 1.29 is 9.52 Å². The first-order chi connectivity index (χ1) is 17.0. The Kier molecular flexibility index (Phi) is 5.90. The molecule has 0 aliphatic heterocycles. The van der Waals surface area contributed by atoms with Gasteiger partial charge in [0.15, 0.2) is 0 Å². The van der Waals surface area contributed by atoms with Crippen molar-refractivity contribution in [1.29, 1.82) is 0 Å². The Morgan fingerprint density at radius 3 is 2.71 bits per heavy atom. The molecule has 5 aromatic rings. The maximum atomic E-state index is 12.4. The quantitative estimate of drug-likeness (QED) is 0.325. The second-order valence-electron chi connectivity index (χ2n) is 7.89. The molecule has 0 radical (unpaired) electrons. The van der Waals surface area contributed by atoms with Crippen molar-refractivity contribution in [2.75, 3.05) is 17.2 Å². The Morgan fingerprint density at radius 1 is 1.14 bits per heavy atom. The van der Waals surface area contributed by atoms with Gasteiger partial charge in [0, 0.05) is 24.3 Å². The van der Waals surface area contributed by atoms with Crippen molar-refractivity contribution in [3.8, 4) is 11.5 Å². The maximum absolute atomic E-state index is 12.4. The highest BCUT2D eigenvalue weighted by Crippen LogP contribution is 2.29. The van der Waals surface area contributed by atoms with Crippen molar-refractivity contribution in [2.24, 2.45) is 7.05 Å². The number of benzene rings is 2. The van der Waals surface area contributed by atoms with Crippen molar-refractivity contribution in [2.45, 2.75) is 13.0 Å². The molecule has 0 spiro atoms. The number of anilines is 3. The van der Waals surface area contributed by atoms with Crippen molar-refractivity contribution >= 4 is 28.2 Å². The Balaban J connectivity index is 1.51. The van der Waals surface area contributed by atoms with Crippen LogP contribution in [0.2, 0.25) is 0 Å². The molecule has 176 valence electrons. The van der Waals surface area contributed by atoms with E-state index in [1.165, 1.54) is 11.1 Å². The van der Waals surface area contributed by atoms with Crippen molar-refractivity contribution in [1.82, 2.24) is 29.9 Å². The summed E-state index contributed by atoms with van der Waals surface area (Å²) in [6.07, 6.45) is 2.79. The van der Waals surface area contributed by atoms with Gasteiger partial charge in [0.25, 0.3) is 11.4 Å². The number of aryl methyl sites for hydroxylation is 2. The Bertz CT molecular complexity index is 1530. The zero-order valence-electron chi connectivity index (χ0n) is 19.0. The van der Waals surface area contributed by atoms with Crippen LogP contribution in [0.1, 0.15) is 17.3 Å². The summed E-state index contributed by atoms with van der Waals surface area (Å²) < 4.78 is 6.68. The molecule has 35 heavy (non-hydrogen) atoms. The molecule has 11 nitrogen and oxygen atoms in total. The summed E-state index contributed by atoms with van der Waals surface area (Å²) in [5.41, 5.74) is 2.63. The minimum Gasteiger partial charge on any atom is -0.423 e. The van der Waals surface area contributed by atoms with Crippen LogP contribution in [0.3, 0.4) is 0 Å². The summed E-state index contributed by atoms with van der Waals surface area (Å²) in [6.45, 7) is 1.69. The maximum Gasteiger partial charge on any atom is 0.274 e. The Hall–Kier alpha value is -4.64. The van der Waals surface area contributed by atoms with E-state index in [1.54, 1.807) is 25.4 Å². The van der Waals surface area contributed by atoms with Crippen LogP contribution < -0.4 is 16.2 Å². The lowest BCUT2D eigenvalue weighted by molar-refractivity contribution is 0.276. The predicted octanol–water partition coefficient (Wildman–Crippen LogP) is 2.97. The minimum absolute atomic E-state index is 0.161. The van der Waals surface area contributed by atoms with E-state index < -0.39 is 6.04 Å². The molecule has 1 atom stereocenters. The highest BCUT2D eigenvalue weighted by Gasteiger charge is 2.18. The van der Waals surface area contributed by atoms with Crippen LogP contribution in [0.5, 0.6) is 0 Å². The van der Waals surface area contributed by atoms with E-state index in [1.807, 2.05) is 43.3 Å². The molecular formula is C24H22N8O3. The van der Waals surface area contributed by atoms with Crippen molar-refractivity contribution in [3.63, 3.8) is 0 Å². The Morgan fingerprint density at radius 2 is 1.97 bits per heavy atom. The number of nitrogens with one attached hydrogen (secondary N) is 2. The molecule has 0 unspecified atom stereocenters. The van der Waals surface area contributed by atoms with Crippen LogP contribution in [-0.4, -0.2) is 41.7 Å². The van der Waals surface area contributed by atoms with Crippen LogP contribution in [0, 0.1) is 6.92 Å². The summed E-state index contributed by atoms with van der Waals surface area (Å²) in [7, 11) is 1.63. The lowest BCUT2D eigenvalue weighted by Crippen LogP contribution is -2.20. The molecule has 0 aliphatic rings. The zero-order chi connectivity index (χ0) is 24.4. The first-order valence-corrected chi connectivity index (χ1v) is 10.8. The molecule has 0 bridgehead atoms. The van der Waals surface area contributed by atoms with Crippen LogP contribution in [-0.2, 0) is 7.05 Å². The summed E-state index contributed by atoms with van der Waals surface area (Å²) >= 11 is 0. The normalized spacial score (nSPS) is 12.0. The summed E-state index contributed by atoms with van der Waals surface area (Å²) in [6, 6.07) is 14.5. The fourth-order valence-corrected chi connectivity index (χ4v) is 3.82. The molecular weight excluding hydrogens is 448 g/mol. The van der Waals surface area contributed by atoms with E-state index in [4.69, 9.17) is 4.42 Å². The lowest BCUT2D eigenvalue weighted by Gasteiger charge is -2.19. The molecule has 5 rings (SSSR count). The number of nitrogens with zero attached hydrogens (tertiary/aromatic N) is 6. The third-order valence-corrected chi connectivity index (χ3v) is 5.56. The SMILES string of the molecule is Cc1nn(C)c(=O)c2ccc(Nc3ncc(-c4nnco4)c(N[C@H](CO)c4ccccc4)n3)cc12. The van der Waals surface area contributed by atoms with Crippen LogP contribution >= 0.6 is 0 Å². The van der Waals surface area contributed by atoms with Gasteiger partial charge in [0.05, 0.1) is 29.3 Å². The monoisotopic (exact) mass is 470 g/mol. The second kappa shape index (κ2) is 9.31. The second-order valence-corrected chi connectivity index (χ2v) is 7.89. The van der Waals surface area contributed by atoms with E-state index in [0.29, 0.717) is 28.4 Å². The molecule has 0 saturated heterocycles. The number of aromatic nitrogens is 6. The minimum atomic E-state index is -0.425. The number of fused-ring (bicyclic) bond motifs is 1. The average molecular weight is 470 g/mol. The standard InChI is InChI=1S/C24H22N8O3/c1-14-18-10-16(8-9-17(18)23(34)32(2)31-14)27-24-25-11-19(22-30-26-13-35-22)21(29-24)28-20(12-33)15-6-4-3-5-7-15/h3-11,13,20,33H,12H2,1-2H3,(H2,25,27,28,29)/t20-/m1/s1. The fourth-order valence-electron chi connectivity index (χ4n) is 3.82. The topological polar surface area (TPSA) is 144 Å². The van der Waals surface area contributed by atoms with Gasteiger partial charge in [-0.15, -0.1) is 10.2 Å². The zero-order valence-corrected chi connectivity index (χ0v) is 19.0. The fraction of sp³-hybridized carbons (Fsp3) is 0.167. The molecule has 0 fully saturated rings. The summed E-state index contributed by atoms with van der Waals surface area (Å²) in [4.78, 5) is 21.4. The number of hydrogen-bond acceptors (Lipinski definition) is 10. The van der Waals surface area contributed by atoms with Gasteiger partial charge in [0.2, 0.25) is 12.3 Å². The number of aliphatic hydroxyl groups excluding tert-OH is 1. The highest BCUT2D eigenvalue weighted by atomic mass is 16.4. The van der Waals surface area contributed by atoms with E-state index >= 15 is 0 Å². The summed E-state index contributed by atoms with van der Waals surface area (Å²) in [5, 5.41) is 29.7. The molecule has 3 aromatic heterocycles. The van der Waals surface area contributed by atoms with Crippen molar-refractivity contribution in [3.05, 3.63) is 82.7 Å². The smallest absolute Gasteiger partial charge is 0.274 e. The highest BCUT2D eigenvalue weighted by molar-refractivity contribution is 5.87. The first kappa shape index (κ1) is 22.2. The largest absolute Gasteiger partial charge is 0.423 e. The van der Waals surface area contributed by atoms with E-state index in [0.717, 1.165) is 16.6 Å². The van der Waals surface area contributed by atoms with Crippen LogP contribution in [0.4, 0.5) is 17.5 Å². The molecule has 0 aliphatic carbocycles. The van der Waals surface area contributed by atoms with E-state index in [-0.39, 0.29) is 18.1 Å². The van der Waals surface area contributed by atoms with E-state index in [2.05, 4.69) is 35.9 Å². The van der Waals surface area contributed by atoms with Gasteiger partial charge in [-0.25, -0.2) is 9.67 Å². The predicted molar refractivity (Wildman–Crippen MR) is 130 cm³/mol. The average Bonchev–Trinajstić information content (AvgIpc) is 3.41. The van der Waals surface area contributed by atoms with Crippen LogP contribution in [0.25, 0.3) is 22.2 Å². The Labute approximate surface area is 199 Å². The molecule has 3 heterocycles. The number of hydrogen-bond donors (Lipinski definition) is 3. The molecule has 3 N–H and O–H groups in total. The molecule has 0 saturated carbocycles.